The van der Waals surface area contributed by atoms with Gasteiger partial charge in [0.25, 0.3) is 11.2 Å². The number of hydrogen-bond donors (Lipinski definition) is 2. The van der Waals surface area contributed by atoms with Crippen LogP contribution in [-0.4, -0.2) is 38.2 Å². The van der Waals surface area contributed by atoms with Crippen LogP contribution in [-0.2, 0) is 4.79 Å². The predicted octanol–water partition coefficient (Wildman–Crippen LogP) is 5.17. The average molecular weight is 536 g/mol. The van der Waals surface area contributed by atoms with Gasteiger partial charge in [0.15, 0.2) is 5.16 Å². The lowest BCUT2D eigenvalue weighted by molar-refractivity contribution is -0.384. The van der Waals surface area contributed by atoms with E-state index in [1.54, 1.807) is 18.2 Å². The summed E-state index contributed by atoms with van der Waals surface area (Å²) < 4.78 is 6.61. The first-order valence-corrected chi connectivity index (χ1v) is 12.3. The number of thioether (sulfide) groups is 1. The molecule has 0 aliphatic rings. The van der Waals surface area contributed by atoms with Crippen molar-refractivity contribution in [3.8, 4) is 11.4 Å². The highest BCUT2D eigenvalue weighted by molar-refractivity contribution is 7.99. The molecular formula is C25H18ClN5O5S. The molecule has 2 N–H and O–H groups in total. The van der Waals surface area contributed by atoms with Crippen molar-refractivity contribution in [2.24, 2.45) is 0 Å². The lowest BCUT2D eigenvalue weighted by Crippen LogP contribution is -2.23. The van der Waals surface area contributed by atoms with E-state index < -0.39 is 10.5 Å². The van der Waals surface area contributed by atoms with Gasteiger partial charge >= 0.3 is 0 Å². The lowest BCUT2D eigenvalue weighted by Gasteiger charge is -2.13. The number of nitro groups is 1. The van der Waals surface area contributed by atoms with Crippen molar-refractivity contribution in [1.29, 1.82) is 0 Å². The number of fused-ring (bicyclic) bond motifs is 3. The monoisotopic (exact) mass is 535 g/mol. The van der Waals surface area contributed by atoms with Crippen molar-refractivity contribution in [1.82, 2.24) is 14.5 Å². The molecule has 0 aliphatic heterocycles. The molecule has 12 heteroatoms. The Morgan fingerprint density at radius 3 is 2.68 bits per heavy atom. The van der Waals surface area contributed by atoms with Crippen LogP contribution < -0.4 is 15.6 Å². The maximum atomic E-state index is 13.6. The van der Waals surface area contributed by atoms with Gasteiger partial charge in [-0.25, -0.2) is 4.98 Å². The van der Waals surface area contributed by atoms with Gasteiger partial charge in [0.2, 0.25) is 5.91 Å². The number of halogens is 1. The third-order valence-electron chi connectivity index (χ3n) is 5.58. The fourth-order valence-electron chi connectivity index (χ4n) is 3.88. The first-order chi connectivity index (χ1) is 17.9. The molecule has 0 atom stereocenters. The summed E-state index contributed by atoms with van der Waals surface area (Å²) in [6.45, 7) is 0. The number of carbonyl (C=O) groups is 1. The highest BCUT2D eigenvalue weighted by Gasteiger charge is 2.19. The molecule has 0 saturated carbocycles. The van der Waals surface area contributed by atoms with E-state index in [0.717, 1.165) is 22.7 Å². The molecule has 0 radical (unpaired) electrons. The van der Waals surface area contributed by atoms with E-state index >= 15 is 0 Å². The average Bonchev–Trinajstić information content (AvgIpc) is 3.27. The lowest BCUT2D eigenvalue weighted by atomic mass is 10.2. The maximum absolute atomic E-state index is 13.6. The number of methoxy groups -OCH3 is 1. The minimum Gasteiger partial charge on any atom is -0.495 e. The van der Waals surface area contributed by atoms with Gasteiger partial charge in [-0.1, -0.05) is 41.6 Å². The number of nitro benzene ring substituents is 1. The molecule has 5 aromatic rings. The van der Waals surface area contributed by atoms with Gasteiger partial charge < -0.3 is 15.0 Å². The molecule has 2 heterocycles. The molecule has 0 spiro atoms. The number of ether oxygens (including phenoxy) is 1. The Kier molecular flexibility index (Phi) is 6.55. The van der Waals surface area contributed by atoms with E-state index in [9.17, 15) is 19.7 Å². The van der Waals surface area contributed by atoms with E-state index in [0.29, 0.717) is 27.7 Å². The van der Waals surface area contributed by atoms with Crippen LogP contribution in [0.5, 0.6) is 5.75 Å². The van der Waals surface area contributed by atoms with Gasteiger partial charge in [0, 0.05) is 28.1 Å². The summed E-state index contributed by atoms with van der Waals surface area (Å²) in [5.74, 6) is 0.00104. The molecule has 0 unspecified atom stereocenters. The number of para-hydroxylation sites is 1. The predicted molar refractivity (Wildman–Crippen MR) is 143 cm³/mol. The van der Waals surface area contributed by atoms with Crippen LogP contribution in [0.2, 0.25) is 5.02 Å². The second kappa shape index (κ2) is 9.96. The molecular weight excluding hydrogens is 518 g/mol. The van der Waals surface area contributed by atoms with E-state index in [1.807, 2.05) is 24.3 Å². The highest BCUT2D eigenvalue weighted by Crippen LogP contribution is 2.29. The number of benzene rings is 3. The molecule has 37 heavy (non-hydrogen) atoms. The van der Waals surface area contributed by atoms with E-state index in [-0.39, 0.29) is 28.0 Å². The standard InChI is InChI=1S/C25H18ClN5O5S/c1-36-20-11-6-14(26)12-19(20)27-21(32)13-37-25-29-22-17-4-2-3-5-18(17)28-23(22)24(33)30(25)15-7-9-16(10-8-15)31(34)35/h2-12,28H,13H2,1H3,(H,27,32). The zero-order valence-corrected chi connectivity index (χ0v) is 20.8. The van der Waals surface area contributed by atoms with Gasteiger partial charge in [0.1, 0.15) is 16.8 Å². The molecule has 1 amide bonds. The van der Waals surface area contributed by atoms with Crippen LogP contribution in [0.3, 0.4) is 0 Å². The Balaban J connectivity index is 1.55. The summed E-state index contributed by atoms with van der Waals surface area (Å²) in [5.41, 5.74) is 1.78. The number of aromatic nitrogens is 3. The number of rotatable bonds is 7. The van der Waals surface area contributed by atoms with Gasteiger partial charge in [-0.3, -0.25) is 24.3 Å². The molecule has 0 aliphatic carbocycles. The van der Waals surface area contributed by atoms with Crippen molar-refractivity contribution in [3.05, 3.63) is 92.2 Å². The van der Waals surface area contributed by atoms with Crippen molar-refractivity contribution in [2.75, 3.05) is 18.2 Å². The number of nitrogens with zero attached hydrogens (tertiary/aromatic N) is 3. The first-order valence-electron chi connectivity index (χ1n) is 10.9. The smallest absolute Gasteiger partial charge is 0.283 e. The SMILES string of the molecule is COc1ccc(Cl)cc1NC(=O)CSc1nc2c([nH]c3ccccc32)c(=O)n1-c1ccc([N+](=O)[O-])cc1. The quantitative estimate of drug-likeness (QED) is 0.127. The number of hydrogen-bond acceptors (Lipinski definition) is 7. The number of nitrogens with one attached hydrogen (secondary N) is 2. The summed E-state index contributed by atoms with van der Waals surface area (Å²) in [7, 11) is 1.48. The Labute approximate surface area is 218 Å². The summed E-state index contributed by atoms with van der Waals surface area (Å²) in [6.07, 6.45) is 0. The molecule has 10 nitrogen and oxygen atoms in total. The number of anilines is 1. The van der Waals surface area contributed by atoms with Crippen molar-refractivity contribution >= 4 is 62.6 Å². The van der Waals surface area contributed by atoms with Crippen molar-refractivity contribution in [2.45, 2.75) is 5.16 Å². The third kappa shape index (κ3) is 4.74. The van der Waals surface area contributed by atoms with Crippen LogP contribution in [0.4, 0.5) is 11.4 Å². The number of carbonyl (C=O) groups excluding carboxylic acids is 1. The molecule has 0 saturated heterocycles. The first kappa shape index (κ1) is 24.3. The number of amides is 1. The summed E-state index contributed by atoms with van der Waals surface area (Å²) >= 11 is 7.11. The third-order valence-corrected chi connectivity index (χ3v) is 6.75. The normalized spacial score (nSPS) is 11.1. The fourth-order valence-corrected chi connectivity index (χ4v) is 4.86. The molecule has 5 rings (SSSR count). The fraction of sp³-hybridized carbons (Fsp3) is 0.0800. The zero-order chi connectivity index (χ0) is 26.1. The van der Waals surface area contributed by atoms with Crippen LogP contribution in [0.1, 0.15) is 0 Å². The van der Waals surface area contributed by atoms with Gasteiger partial charge in [0.05, 0.1) is 29.2 Å². The molecule has 0 fully saturated rings. The highest BCUT2D eigenvalue weighted by atomic mass is 35.5. The molecule has 2 aromatic heterocycles. The summed E-state index contributed by atoms with van der Waals surface area (Å²) in [5, 5.41) is 15.3. The minimum absolute atomic E-state index is 0.0804. The van der Waals surface area contributed by atoms with E-state index in [2.05, 4.69) is 10.3 Å². The minimum atomic E-state index is -0.518. The van der Waals surface area contributed by atoms with E-state index in [4.69, 9.17) is 21.3 Å². The summed E-state index contributed by atoms with van der Waals surface area (Å²) in [6, 6.07) is 17.8. The van der Waals surface area contributed by atoms with Gasteiger partial charge in [-0.15, -0.1) is 0 Å². The topological polar surface area (TPSA) is 132 Å². The van der Waals surface area contributed by atoms with Crippen LogP contribution >= 0.6 is 23.4 Å². The zero-order valence-electron chi connectivity index (χ0n) is 19.2. The molecule has 186 valence electrons. The maximum Gasteiger partial charge on any atom is 0.283 e. The van der Waals surface area contributed by atoms with Crippen LogP contribution in [0.15, 0.2) is 76.7 Å². The van der Waals surface area contributed by atoms with E-state index in [1.165, 1.54) is 35.9 Å². The number of non-ortho nitro benzene ring substituents is 1. The van der Waals surface area contributed by atoms with Crippen LogP contribution in [0.25, 0.3) is 27.6 Å². The second-order valence-electron chi connectivity index (χ2n) is 7.88. The largest absolute Gasteiger partial charge is 0.495 e. The number of H-pyrrole nitrogens is 1. The summed E-state index contributed by atoms with van der Waals surface area (Å²) in [4.78, 5) is 44.8. The molecule has 0 bridgehead atoms. The van der Waals surface area contributed by atoms with Crippen molar-refractivity contribution in [3.63, 3.8) is 0 Å². The second-order valence-corrected chi connectivity index (χ2v) is 9.26. The van der Waals surface area contributed by atoms with Crippen molar-refractivity contribution < 1.29 is 14.5 Å². The Morgan fingerprint density at radius 1 is 1.19 bits per heavy atom. The molecule has 3 aromatic carbocycles. The Bertz CT molecular complexity index is 1730. The Hall–Kier alpha value is -4.35. The van der Waals surface area contributed by atoms with Gasteiger partial charge in [-0.2, -0.15) is 0 Å². The number of aromatic amines is 1. The van der Waals surface area contributed by atoms with Crippen LogP contribution in [0, 0.1) is 10.1 Å². The Morgan fingerprint density at radius 2 is 1.95 bits per heavy atom. The van der Waals surface area contributed by atoms with Gasteiger partial charge in [-0.05, 0) is 36.4 Å².